The first-order valence-corrected chi connectivity index (χ1v) is 8.93. The molecule has 1 aliphatic heterocycles. The molecule has 3 heteroatoms. The van der Waals surface area contributed by atoms with E-state index in [9.17, 15) is 0 Å². The van der Waals surface area contributed by atoms with Crippen molar-refractivity contribution in [1.29, 1.82) is 0 Å². The summed E-state index contributed by atoms with van der Waals surface area (Å²) in [6.07, 6.45) is 1.52. The second-order valence-electron chi connectivity index (χ2n) is 6.24. The van der Waals surface area contributed by atoms with E-state index >= 15 is 0 Å². The zero-order valence-corrected chi connectivity index (χ0v) is 14.5. The lowest BCUT2D eigenvalue weighted by molar-refractivity contribution is 0.200. The third-order valence-electron chi connectivity index (χ3n) is 4.36. The molecule has 0 bridgehead atoms. The molecular weight excluding hydrogens is 332 g/mol. The predicted molar refractivity (Wildman–Crippen MR) is 101 cm³/mol. The maximum Gasteiger partial charge on any atom is 0.127 e. The van der Waals surface area contributed by atoms with Crippen molar-refractivity contribution in [2.75, 3.05) is 0 Å². The van der Waals surface area contributed by atoms with Crippen LogP contribution in [-0.4, -0.2) is 5.38 Å². The monoisotopic (exact) mass is 350 g/mol. The first kappa shape index (κ1) is 16.0. The second-order valence-corrected chi connectivity index (χ2v) is 6.86. The van der Waals surface area contributed by atoms with E-state index in [2.05, 4.69) is 12.1 Å². The summed E-state index contributed by atoms with van der Waals surface area (Å²) in [6.45, 7) is 0. The van der Waals surface area contributed by atoms with Crippen molar-refractivity contribution >= 4 is 11.6 Å². The predicted octanol–water partition coefficient (Wildman–Crippen LogP) is 6.15. The SMILES string of the molecule is Cl[C@@H]1Cc2ccccc2O[C@@H](c2cccc(Oc3ccccc3)c2)C1. The van der Waals surface area contributed by atoms with Crippen LogP contribution in [0.2, 0.25) is 0 Å². The molecule has 0 amide bonds. The number of rotatable bonds is 3. The van der Waals surface area contributed by atoms with Gasteiger partial charge in [0.25, 0.3) is 0 Å². The minimum atomic E-state index is -0.0783. The van der Waals surface area contributed by atoms with Crippen LogP contribution in [0, 0.1) is 0 Å². The van der Waals surface area contributed by atoms with Crippen molar-refractivity contribution in [2.24, 2.45) is 0 Å². The van der Waals surface area contributed by atoms with Gasteiger partial charge in [0.05, 0.1) is 0 Å². The molecule has 4 rings (SSSR count). The molecule has 0 radical (unpaired) electrons. The molecule has 1 aliphatic rings. The molecule has 0 aliphatic carbocycles. The summed E-state index contributed by atoms with van der Waals surface area (Å²) in [7, 11) is 0. The topological polar surface area (TPSA) is 18.5 Å². The van der Waals surface area contributed by atoms with E-state index in [1.54, 1.807) is 0 Å². The summed E-state index contributed by atoms with van der Waals surface area (Å²) in [5.74, 6) is 2.54. The quantitative estimate of drug-likeness (QED) is 0.527. The van der Waals surface area contributed by atoms with Crippen LogP contribution in [0.4, 0.5) is 0 Å². The first-order valence-electron chi connectivity index (χ1n) is 8.49. The summed E-state index contributed by atoms with van der Waals surface area (Å²) in [5, 5.41) is 0.0485. The van der Waals surface area contributed by atoms with Gasteiger partial charge < -0.3 is 9.47 Å². The Morgan fingerprint density at radius 1 is 0.840 bits per heavy atom. The van der Waals surface area contributed by atoms with Crippen molar-refractivity contribution in [3.05, 3.63) is 90.0 Å². The first-order chi connectivity index (χ1) is 12.3. The minimum absolute atomic E-state index is 0.0485. The highest BCUT2D eigenvalue weighted by molar-refractivity contribution is 6.20. The lowest BCUT2D eigenvalue weighted by Gasteiger charge is -2.19. The number of alkyl halides is 1. The maximum atomic E-state index is 6.55. The van der Waals surface area contributed by atoms with E-state index in [1.807, 2.05) is 66.7 Å². The Labute approximate surface area is 153 Å². The fraction of sp³-hybridized carbons (Fsp3) is 0.182. The minimum Gasteiger partial charge on any atom is -0.485 e. The molecule has 126 valence electrons. The van der Waals surface area contributed by atoms with Gasteiger partial charge in [-0.2, -0.15) is 0 Å². The highest BCUT2D eigenvalue weighted by Gasteiger charge is 2.24. The summed E-state index contributed by atoms with van der Waals surface area (Å²) < 4.78 is 12.2. The Bertz CT molecular complexity index is 847. The summed E-state index contributed by atoms with van der Waals surface area (Å²) >= 11 is 6.55. The molecule has 1 heterocycles. The van der Waals surface area contributed by atoms with Gasteiger partial charge in [0, 0.05) is 11.8 Å². The van der Waals surface area contributed by atoms with Crippen LogP contribution in [-0.2, 0) is 6.42 Å². The Balaban J connectivity index is 1.60. The molecule has 0 saturated heterocycles. The van der Waals surface area contributed by atoms with Crippen LogP contribution < -0.4 is 9.47 Å². The van der Waals surface area contributed by atoms with Gasteiger partial charge in [-0.05, 0) is 47.9 Å². The van der Waals surface area contributed by atoms with Gasteiger partial charge in [-0.3, -0.25) is 0 Å². The Kier molecular flexibility index (Phi) is 4.62. The van der Waals surface area contributed by atoms with E-state index in [1.165, 1.54) is 5.56 Å². The largest absolute Gasteiger partial charge is 0.485 e. The number of benzene rings is 3. The summed E-state index contributed by atoms with van der Waals surface area (Å²) in [5.41, 5.74) is 2.25. The van der Waals surface area contributed by atoms with Crippen molar-refractivity contribution < 1.29 is 9.47 Å². The molecule has 2 nitrogen and oxygen atoms in total. The summed E-state index contributed by atoms with van der Waals surface area (Å²) in [6, 6.07) is 26.0. The van der Waals surface area contributed by atoms with Gasteiger partial charge in [0.2, 0.25) is 0 Å². The van der Waals surface area contributed by atoms with Crippen LogP contribution in [0.25, 0.3) is 0 Å². The van der Waals surface area contributed by atoms with Crippen LogP contribution >= 0.6 is 11.6 Å². The van der Waals surface area contributed by atoms with Crippen molar-refractivity contribution in [2.45, 2.75) is 24.3 Å². The van der Waals surface area contributed by atoms with Gasteiger partial charge in [-0.15, -0.1) is 11.6 Å². The highest BCUT2D eigenvalue weighted by Crippen LogP contribution is 2.36. The van der Waals surface area contributed by atoms with E-state index in [-0.39, 0.29) is 11.5 Å². The van der Waals surface area contributed by atoms with Gasteiger partial charge in [-0.25, -0.2) is 0 Å². The second kappa shape index (κ2) is 7.20. The van der Waals surface area contributed by atoms with Crippen molar-refractivity contribution in [3.63, 3.8) is 0 Å². The maximum absolute atomic E-state index is 6.55. The zero-order chi connectivity index (χ0) is 17.1. The molecular formula is C22H19ClO2. The fourth-order valence-corrected chi connectivity index (χ4v) is 3.48. The third kappa shape index (κ3) is 3.80. The van der Waals surface area contributed by atoms with E-state index < -0.39 is 0 Å². The van der Waals surface area contributed by atoms with E-state index in [4.69, 9.17) is 21.1 Å². The van der Waals surface area contributed by atoms with Crippen molar-refractivity contribution in [3.8, 4) is 17.2 Å². The van der Waals surface area contributed by atoms with E-state index in [0.29, 0.717) is 0 Å². The molecule has 0 aromatic heterocycles. The van der Waals surface area contributed by atoms with E-state index in [0.717, 1.165) is 35.7 Å². The standard InChI is InChI=1S/C22H19ClO2/c23-18-13-16-7-4-5-12-21(16)25-22(15-18)17-8-6-11-20(14-17)24-19-9-2-1-3-10-19/h1-12,14,18,22H,13,15H2/t18-,22-/m1/s1. The van der Waals surface area contributed by atoms with Gasteiger partial charge in [0.1, 0.15) is 23.4 Å². The van der Waals surface area contributed by atoms with Crippen LogP contribution in [0.5, 0.6) is 17.2 Å². The molecule has 2 atom stereocenters. The Morgan fingerprint density at radius 2 is 1.60 bits per heavy atom. The lowest BCUT2D eigenvalue weighted by atomic mass is 10.0. The molecule has 0 spiro atoms. The Morgan fingerprint density at radius 3 is 2.48 bits per heavy atom. The number of hydrogen-bond donors (Lipinski definition) is 0. The number of halogens is 1. The Hall–Kier alpha value is -2.45. The van der Waals surface area contributed by atoms with Gasteiger partial charge in [-0.1, -0.05) is 48.5 Å². The normalized spacial score (nSPS) is 19.4. The van der Waals surface area contributed by atoms with Crippen molar-refractivity contribution in [1.82, 2.24) is 0 Å². The number of ether oxygens (including phenoxy) is 2. The van der Waals surface area contributed by atoms with Crippen LogP contribution in [0.15, 0.2) is 78.9 Å². The fourth-order valence-electron chi connectivity index (χ4n) is 3.15. The van der Waals surface area contributed by atoms with Gasteiger partial charge in [0.15, 0.2) is 0 Å². The van der Waals surface area contributed by atoms with Crippen LogP contribution in [0.3, 0.4) is 0 Å². The molecule has 25 heavy (non-hydrogen) atoms. The zero-order valence-electron chi connectivity index (χ0n) is 13.8. The molecule has 0 N–H and O–H groups in total. The average Bonchev–Trinajstić information content (AvgIpc) is 2.81. The summed E-state index contributed by atoms with van der Waals surface area (Å²) in [4.78, 5) is 0. The third-order valence-corrected chi connectivity index (χ3v) is 4.69. The lowest BCUT2D eigenvalue weighted by Crippen LogP contribution is -2.11. The molecule has 0 fully saturated rings. The molecule has 3 aromatic carbocycles. The number of para-hydroxylation sites is 2. The highest BCUT2D eigenvalue weighted by atomic mass is 35.5. The average molecular weight is 351 g/mol. The number of fused-ring (bicyclic) bond motifs is 1. The molecule has 0 unspecified atom stereocenters. The number of hydrogen-bond acceptors (Lipinski definition) is 2. The van der Waals surface area contributed by atoms with Crippen LogP contribution in [0.1, 0.15) is 23.7 Å². The molecule has 0 saturated carbocycles. The smallest absolute Gasteiger partial charge is 0.127 e. The molecule has 3 aromatic rings. The van der Waals surface area contributed by atoms with Gasteiger partial charge >= 0.3 is 0 Å².